The fourth-order valence-electron chi connectivity index (χ4n) is 1.73. The van der Waals surface area contributed by atoms with Crippen molar-refractivity contribution in [1.29, 1.82) is 0 Å². The van der Waals surface area contributed by atoms with Gasteiger partial charge < -0.3 is 4.90 Å². The number of amides is 1. The van der Waals surface area contributed by atoms with Gasteiger partial charge in [0.05, 0.1) is 11.1 Å². The summed E-state index contributed by atoms with van der Waals surface area (Å²) in [5, 5.41) is 2.63. The van der Waals surface area contributed by atoms with Gasteiger partial charge in [0.1, 0.15) is 0 Å². The molecule has 0 fully saturated rings. The zero-order chi connectivity index (χ0) is 14.0. The number of nitrogens with zero attached hydrogens (tertiary/aromatic N) is 1. The number of carbonyl (C=O) groups excluding carboxylic acids is 1. The molecule has 2 aromatic rings. The number of benzene rings is 1. The second kappa shape index (κ2) is 6.24. The molecule has 0 saturated carbocycles. The molecule has 100 valence electrons. The van der Waals surface area contributed by atoms with Crippen LogP contribution in [0.1, 0.15) is 28.2 Å². The fraction of sp³-hybridized carbons (Fsp3) is 0.214. The van der Waals surface area contributed by atoms with E-state index in [1.54, 1.807) is 22.3 Å². The smallest absolute Gasteiger partial charge is 0.254 e. The monoisotopic (exact) mass is 405 g/mol. The van der Waals surface area contributed by atoms with Crippen molar-refractivity contribution in [2.24, 2.45) is 0 Å². The molecular weight excluding hydrogens is 393 g/mol. The van der Waals surface area contributed by atoms with Crippen molar-refractivity contribution in [3.63, 3.8) is 0 Å². The van der Waals surface area contributed by atoms with Crippen LogP contribution in [-0.4, -0.2) is 17.9 Å². The predicted octanol–water partition coefficient (Wildman–Crippen LogP) is 4.84. The first-order chi connectivity index (χ1) is 9.00. The third-order valence-corrected chi connectivity index (χ3v) is 5.64. The first-order valence-electron chi connectivity index (χ1n) is 5.76. The SMILES string of the molecule is CC(c1cccs1)N(C)C(=O)c1ccc(I)c(Cl)c1. The molecule has 0 bridgehead atoms. The van der Waals surface area contributed by atoms with E-state index in [-0.39, 0.29) is 11.9 Å². The molecule has 0 aliphatic carbocycles. The Bertz CT molecular complexity index is 585. The van der Waals surface area contributed by atoms with Crippen LogP contribution in [0.5, 0.6) is 0 Å². The molecule has 1 heterocycles. The molecule has 1 aromatic heterocycles. The van der Waals surface area contributed by atoms with Crippen LogP contribution in [-0.2, 0) is 0 Å². The molecule has 2 nitrogen and oxygen atoms in total. The van der Waals surface area contributed by atoms with Crippen molar-refractivity contribution in [2.45, 2.75) is 13.0 Å². The second-order valence-electron chi connectivity index (χ2n) is 4.24. The van der Waals surface area contributed by atoms with Gasteiger partial charge in [-0.05, 0) is 59.2 Å². The van der Waals surface area contributed by atoms with E-state index < -0.39 is 0 Å². The Hall–Kier alpha value is -0.590. The lowest BCUT2D eigenvalue weighted by Crippen LogP contribution is -2.29. The van der Waals surface area contributed by atoms with Crippen LogP contribution in [0.4, 0.5) is 0 Å². The van der Waals surface area contributed by atoms with Crippen LogP contribution >= 0.6 is 45.5 Å². The van der Waals surface area contributed by atoms with E-state index >= 15 is 0 Å². The molecule has 1 amide bonds. The summed E-state index contributed by atoms with van der Waals surface area (Å²) < 4.78 is 0.949. The maximum Gasteiger partial charge on any atom is 0.254 e. The summed E-state index contributed by atoms with van der Waals surface area (Å²) in [6.45, 7) is 2.03. The summed E-state index contributed by atoms with van der Waals surface area (Å²) in [7, 11) is 1.82. The molecule has 0 N–H and O–H groups in total. The van der Waals surface area contributed by atoms with Gasteiger partial charge in [-0.3, -0.25) is 4.79 Å². The molecular formula is C14H13ClINOS. The topological polar surface area (TPSA) is 20.3 Å². The highest BCUT2D eigenvalue weighted by Gasteiger charge is 2.20. The van der Waals surface area contributed by atoms with Crippen molar-refractivity contribution in [1.82, 2.24) is 4.90 Å². The number of hydrogen-bond acceptors (Lipinski definition) is 2. The van der Waals surface area contributed by atoms with Crippen molar-refractivity contribution in [3.05, 3.63) is 54.7 Å². The Balaban J connectivity index is 2.21. The zero-order valence-electron chi connectivity index (χ0n) is 10.6. The summed E-state index contributed by atoms with van der Waals surface area (Å²) in [5.41, 5.74) is 0.622. The Morgan fingerprint density at radius 3 is 2.74 bits per heavy atom. The van der Waals surface area contributed by atoms with Gasteiger partial charge in [-0.25, -0.2) is 0 Å². The van der Waals surface area contributed by atoms with E-state index in [9.17, 15) is 4.79 Å². The lowest BCUT2D eigenvalue weighted by molar-refractivity contribution is 0.0745. The molecule has 2 rings (SSSR count). The average Bonchev–Trinajstić information content (AvgIpc) is 2.93. The van der Waals surface area contributed by atoms with Crippen molar-refractivity contribution < 1.29 is 4.79 Å². The molecule has 1 unspecified atom stereocenters. The molecule has 1 atom stereocenters. The number of carbonyl (C=O) groups is 1. The van der Waals surface area contributed by atoms with E-state index in [4.69, 9.17) is 11.6 Å². The molecule has 0 saturated heterocycles. The average molecular weight is 406 g/mol. The Labute approximate surface area is 135 Å². The van der Waals surface area contributed by atoms with Crippen LogP contribution in [0.2, 0.25) is 5.02 Å². The van der Waals surface area contributed by atoms with Crippen molar-refractivity contribution in [2.75, 3.05) is 7.05 Å². The second-order valence-corrected chi connectivity index (χ2v) is 6.79. The number of rotatable bonds is 3. The van der Waals surface area contributed by atoms with E-state index in [2.05, 4.69) is 22.6 Å². The van der Waals surface area contributed by atoms with E-state index in [1.807, 2.05) is 43.6 Å². The van der Waals surface area contributed by atoms with Crippen LogP contribution in [0.25, 0.3) is 0 Å². The van der Waals surface area contributed by atoms with Crippen LogP contribution in [0.3, 0.4) is 0 Å². The van der Waals surface area contributed by atoms with Gasteiger partial charge >= 0.3 is 0 Å². The minimum absolute atomic E-state index is 0.0146. The highest BCUT2D eigenvalue weighted by molar-refractivity contribution is 14.1. The molecule has 0 radical (unpaired) electrons. The first-order valence-corrected chi connectivity index (χ1v) is 8.10. The summed E-state index contributed by atoms with van der Waals surface area (Å²) in [6, 6.07) is 9.50. The highest BCUT2D eigenvalue weighted by Crippen LogP contribution is 2.26. The molecule has 0 spiro atoms. The van der Waals surface area contributed by atoms with Gasteiger partial charge in [-0.1, -0.05) is 17.7 Å². The van der Waals surface area contributed by atoms with Gasteiger partial charge in [-0.15, -0.1) is 11.3 Å². The fourth-order valence-corrected chi connectivity index (χ4v) is 3.07. The number of halogens is 2. The number of hydrogen-bond donors (Lipinski definition) is 0. The number of thiophene rings is 1. The first kappa shape index (κ1) is 14.8. The molecule has 0 aliphatic heterocycles. The van der Waals surface area contributed by atoms with Crippen LogP contribution in [0.15, 0.2) is 35.7 Å². The van der Waals surface area contributed by atoms with E-state index in [0.29, 0.717) is 10.6 Å². The third-order valence-electron chi connectivity index (χ3n) is 3.02. The Morgan fingerprint density at radius 1 is 1.42 bits per heavy atom. The maximum atomic E-state index is 12.4. The summed E-state index contributed by atoms with van der Waals surface area (Å²) in [4.78, 5) is 15.3. The standard InChI is InChI=1S/C14H13ClINOS/c1-9(13-4-3-7-19-13)17(2)14(18)10-5-6-12(16)11(15)8-10/h3-9H,1-2H3. The largest absolute Gasteiger partial charge is 0.334 e. The predicted molar refractivity (Wildman–Crippen MR) is 89.0 cm³/mol. The van der Waals surface area contributed by atoms with Gasteiger partial charge in [-0.2, -0.15) is 0 Å². The zero-order valence-corrected chi connectivity index (χ0v) is 14.3. The summed E-state index contributed by atoms with van der Waals surface area (Å²) >= 11 is 9.87. The van der Waals surface area contributed by atoms with Crippen molar-refractivity contribution in [3.8, 4) is 0 Å². The minimum atomic E-state index is -0.0146. The lowest BCUT2D eigenvalue weighted by Gasteiger charge is -2.24. The summed E-state index contributed by atoms with van der Waals surface area (Å²) in [5.74, 6) is -0.0146. The van der Waals surface area contributed by atoms with Crippen molar-refractivity contribution >= 4 is 51.4 Å². The van der Waals surface area contributed by atoms with E-state index in [0.717, 1.165) is 3.57 Å². The van der Waals surface area contributed by atoms with E-state index in [1.165, 1.54) is 4.88 Å². The van der Waals surface area contributed by atoms with Crippen LogP contribution < -0.4 is 0 Å². The highest BCUT2D eigenvalue weighted by atomic mass is 127. The quantitative estimate of drug-likeness (QED) is 0.669. The molecule has 19 heavy (non-hydrogen) atoms. The van der Waals surface area contributed by atoms with Crippen LogP contribution in [0, 0.1) is 3.57 Å². The Morgan fingerprint density at radius 2 is 2.16 bits per heavy atom. The van der Waals surface area contributed by atoms with Gasteiger partial charge in [0.15, 0.2) is 0 Å². The Kier molecular flexibility index (Phi) is 4.86. The molecule has 5 heteroatoms. The van der Waals surface area contributed by atoms with Gasteiger partial charge in [0.25, 0.3) is 5.91 Å². The lowest BCUT2D eigenvalue weighted by atomic mass is 10.1. The third kappa shape index (κ3) is 3.30. The molecule has 1 aromatic carbocycles. The van der Waals surface area contributed by atoms with Gasteiger partial charge in [0.2, 0.25) is 0 Å². The maximum absolute atomic E-state index is 12.4. The normalized spacial score (nSPS) is 12.2. The minimum Gasteiger partial charge on any atom is -0.334 e. The molecule has 0 aliphatic rings. The van der Waals surface area contributed by atoms with Gasteiger partial charge in [0, 0.05) is 21.1 Å². The summed E-state index contributed by atoms with van der Waals surface area (Å²) in [6.07, 6.45) is 0.